The number of fused-ring (bicyclic) bond motifs is 1. The van der Waals surface area contributed by atoms with Gasteiger partial charge in [0.15, 0.2) is 11.5 Å². The molecule has 3 rings (SSSR count). The molecule has 19 heavy (non-hydrogen) atoms. The van der Waals surface area contributed by atoms with Gasteiger partial charge in [0.05, 0.1) is 19.5 Å². The fourth-order valence-electron chi connectivity index (χ4n) is 2.32. The Balaban J connectivity index is 1.65. The van der Waals surface area contributed by atoms with Gasteiger partial charge in [-0.25, -0.2) is 15.0 Å². The molecule has 1 saturated heterocycles. The number of hydrogen-bond acceptors (Lipinski definition) is 6. The highest BCUT2D eigenvalue weighted by Crippen LogP contribution is 2.15. The molecule has 1 unspecified atom stereocenters. The maximum atomic E-state index is 5.35. The molecule has 102 valence electrons. The highest BCUT2D eigenvalue weighted by molar-refractivity contribution is 5.81. The first kappa shape index (κ1) is 12.3. The van der Waals surface area contributed by atoms with Gasteiger partial charge in [0.25, 0.3) is 0 Å². The van der Waals surface area contributed by atoms with Gasteiger partial charge in [-0.15, -0.1) is 0 Å². The summed E-state index contributed by atoms with van der Waals surface area (Å²) >= 11 is 0. The van der Waals surface area contributed by atoms with Crippen molar-refractivity contribution < 1.29 is 4.74 Å². The molecule has 0 radical (unpaired) electrons. The van der Waals surface area contributed by atoms with Crippen molar-refractivity contribution in [3.63, 3.8) is 0 Å². The quantitative estimate of drug-likeness (QED) is 0.834. The summed E-state index contributed by atoms with van der Waals surface area (Å²) in [5, 5.41) is 3.41. The number of ether oxygens (including phenoxy) is 1. The molecule has 2 aromatic rings. The fraction of sp³-hybridized carbons (Fsp3) is 0.583. The molecule has 1 atom stereocenters. The SMILES string of the molecule is CC(CN1CCOCC1)Nc1ncnc2nc[nH]c12. The van der Waals surface area contributed by atoms with E-state index in [1.807, 2.05) is 0 Å². The number of nitrogens with one attached hydrogen (secondary N) is 2. The van der Waals surface area contributed by atoms with Crippen molar-refractivity contribution in [3.05, 3.63) is 12.7 Å². The number of anilines is 1. The van der Waals surface area contributed by atoms with Crippen molar-refractivity contribution in [2.75, 3.05) is 38.2 Å². The molecule has 0 spiro atoms. The standard InChI is InChI=1S/C12H18N6O/c1-9(6-18-2-4-19-5-3-18)17-12-10-11(14-7-13-10)15-8-16-12/h7-9H,2-6H2,1H3,(H2,13,14,15,16,17). The number of imidazole rings is 1. The van der Waals surface area contributed by atoms with Crippen LogP contribution in [0.25, 0.3) is 11.2 Å². The van der Waals surface area contributed by atoms with Gasteiger partial charge < -0.3 is 15.0 Å². The Morgan fingerprint density at radius 2 is 2.21 bits per heavy atom. The molecule has 0 aliphatic carbocycles. The Hall–Kier alpha value is -1.73. The molecule has 1 fully saturated rings. The van der Waals surface area contributed by atoms with Crippen molar-refractivity contribution in [3.8, 4) is 0 Å². The Labute approximate surface area is 111 Å². The summed E-state index contributed by atoms with van der Waals surface area (Å²) in [6.07, 6.45) is 3.17. The van der Waals surface area contributed by atoms with E-state index in [2.05, 4.69) is 37.1 Å². The minimum absolute atomic E-state index is 0.305. The van der Waals surface area contributed by atoms with Gasteiger partial charge in [0.1, 0.15) is 11.8 Å². The maximum Gasteiger partial charge on any atom is 0.182 e. The molecule has 7 nitrogen and oxygen atoms in total. The number of aromatic amines is 1. The first-order valence-electron chi connectivity index (χ1n) is 6.53. The fourth-order valence-corrected chi connectivity index (χ4v) is 2.32. The van der Waals surface area contributed by atoms with E-state index >= 15 is 0 Å². The number of rotatable bonds is 4. The van der Waals surface area contributed by atoms with Crippen LogP contribution in [0.5, 0.6) is 0 Å². The molecule has 2 aromatic heterocycles. The number of nitrogens with zero attached hydrogens (tertiary/aromatic N) is 4. The molecular weight excluding hydrogens is 244 g/mol. The second-order valence-electron chi connectivity index (χ2n) is 4.78. The molecule has 0 bridgehead atoms. The van der Waals surface area contributed by atoms with Crippen molar-refractivity contribution >= 4 is 17.0 Å². The Morgan fingerprint density at radius 1 is 1.37 bits per heavy atom. The van der Waals surface area contributed by atoms with Gasteiger partial charge in [-0.05, 0) is 6.92 Å². The van der Waals surface area contributed by atoms with Gasteiger partial charge >= 0.3 is 0 Å². The molecule has 0 aromatic carbocycles. The molecule has 1 aliphatic heterocycles. The van der Waals surface area contributed by atoms with E-state index in [4.69, 9.17) is 4.74 Å². The van der Waals surface area contributed by atoms with Crippen molar-refractivity contribution in [1.82, 2.24) is 24.8 Å². The second kappa shape index (κ2) is 5.50. The van der Waals surface area contributed by atoms with E-state index in [1.54, 1.807) is 6.33 Å². The van der Waals surface area contributed by atoms with Crippen LogP contribution in [0.4, 0.5) is 5.82 Å². The molecular formula is C12H18N6O. The first-order valence-corrected chi connectivity index (χ1v) is 6.53. The lowest BCUT2D eigenvalue weighted by Gasteiger charge is -2.29. The summed E-state index contributed by atoms with van der Waals surface area (Å²) in [6.45, 7) is 6.77. The van der Waals surface area contributed by atoms with Gasteiger partial charge in [-0.2, -0.15) is 0 Å². The molecule has 0 saturated carbocycles. The average Bonchev–Trinajstić information content (AvgIpc) is 2.89. The average molecular weight is 262 g/mol. The van der Waals surface area contributed by atoms with Crippen LogP contribution in [0, 0.1) is 0 Å². The van der Waals surface area contributed by atoms with Gasteiger partial charge in [0, 0.05) is 25.7 Å². The lowest BCUT2D eigenvalue weighted by molar-refractivity contribution is 0.0368. The number of hydrogen-bond donors (Lipinski definition) is 2. The van der Waals surface area contributed by atoms with E-state index < -0.39 is 0 Å². The van der Waals surface area contributed by atoms with Crippen LogP contribution in [0.15, 0.2) is 12.7 Å². The third kappa shape index (κ3) is 2.82. The highest BCUT2D eigenvalue weighted by Gasteiger charge is 2.15. The molecule has 3 heterocycles. The molecule has 1 aliphatic rings. The second-order valence-corrected chi connectivity index (χ2v) is 4.78. The van der Waals surface area contributed by atoms with Crippen LogP contribution in [0.2, 0.25) is 0 Å². The molecule has 7 heteroatoms. The summed E-state index contributed by atoms with van der Waals surface area (Å²) in [6, 6.07) is 0.305. The summed E-state index contributed by atoms with van der Waals surface area (Å²) in [5.74, 6) is 0.809. The maximum absolute atomic E-state index is 5.35. The first-order chi connectivity index (χ1) is 9.33. The van der Waals surface area contributed by atoms with Crippen LogP contribution in [-0.4, -0.2) is 63.7 Å². The van der Waals surface area contributed by atoms with Crippen molar-refractivity contribution in [2.24, 2.45) is 0 Å². The van der Waals surface area contributed by atoms with E-state index in [1.165, 1.54) is 6.33 Å². The Bertz CT molecular complexity index is 536. The predicted molar refractivity (Wildman–Crippen MR) is 72.0 cm³/mol. The zero-order chi connectivity index (χ0) is 13.1. The molecule has 0 amide bonds. The highest BCUT2D eigenvalue weighted by atomic mass is 16.5. The van der Waals surface area contributed by atoms with Crippen LogP contribution in [0.3, 0.4) is 0 Å². The Kier molecular flexibility index (Phi) is 3.56. The minimum atomic E-state index is 0.305. The van der Waals surface area contributed by atoms with Crippen molar-refractivity contribution in [2.45, 2.75) is 13.0 Å². The van der Waals surface area contributed by atoms with Gasteiger partial charge in [-0.3, -0.25) is 4.90 Å². The summed E-state index contributed by atoms with van der Waals surface area (Å²) in [5.41, 5.74) is 1.55. The zero-order valence-electron chi connectivity index (χ0n) is 11.0. The van der Waals surface area contributed by atoms with E-state index in [0.29, 0.717) is 11.7 Å². The smallest absolute Gasteiger partial charge is 0.182 e. The summed E-state index contributed by atoms with van der Waals surface area (Å²) in [7, 11) is 0. The normalized spacial score (nSPS) is 18.6. The lowest BCUT2D eigenvalue weighted by atomic mass is 10.3. The molecule has 2 N–H and O–H groups in total. The van der Waals surface area contributed by atoms with Crippen LogP contribution < -0.4 is 5.32 Å². The monoisotopic (exact) mass is 262 g/mol. The summed E-state index contributed by atoms with van der Waals surface area (Å²) < 4.78 is 5.35. The topological polar surface area (TPSA) is 79.0 Å². The lowest BCUT2D eigenvalue weighted by Crippen LogP contribution is -2.42. The van der Waals surface area contributed by atoms with Crippen molar-refractivity contribution in [1.29, 1.82) is 0 Å². The van der Waals surface area contributed by atoms with E-state index in [-0.39, 0.29) is 0 Å². The van der Waals surface area contributed by atoms with Crippen LogP contribution >= 0.6 is 0 Å². The third-order valence-electron chi connectivity index (χ3n) is 3.24. The van der Waals surface area contributed by atoms with E-state index in [9.17, 15) is 0 Å². The van der Waals surface area contributed by atoms with Gasteiger partial charge in [0.2, 0.25) is 0 Å². The predicted octanol–water partition coefficient (Wildman–Crippen LogP) is 0.486. The number of aromatic nitrogens is 4. The number of morpholine rings is 1. The van der Waals surface area contributed by atoms with Gasteiger partial charge in [-0.1, -0.05) is 0 Å². The zero-order valence-corrected chi connectivity index (χ0v) is 11.0. The third-order valence-corrected chi connectivity index (χ3v) is 3.24. The largest absolute Gasteiger partial charge is 0.379 e. The minimum Gasteiger partial charge on any atom is -0.379 e. The number of H-pyrrole nitrogens is 1. The Morgan fingerprint density at radius 3 is 3.05 bits per heavy atom. The van der Waals surface area contributed by atoms with Crippen LogP contribution in [-0.2, 0) is 4.74 Å². The summed E-state index contributed by atoms with van der Waals surface area (Å²) in [4.78, 5) is 18.0. The van der Waals surface area contributed by atoms with Crippen LogP contribution in [0.1, 0.15) is 6.92 Å². The van der Waals surface area contributed by atoms with E-state index in [0.717, 1.165) is 44.2 Å².